The van der Waals surface area contributed by atoms with Crippen LogP contribution in [0.4, 0.5) is 5.69 Å². The molecule has 1 heterocycles. The molecule has 1 aliphatic heterocycles. The van der Waals surface area contributed by atoms with E-state index in [9.17, 15) is 14.7 Å². The van der Waals surface area contributed by atoms with Crippen molar-refractivity contribution in [3.8, 4) is 11.1 Å². The zero-order chi connectivity index (χ0) is 22.9. The molecule has 168 valence electrons. The molecule has 0 spiro atoms. The fraction of sp³-hybridized carbons (Fsp3) is 0.286. The quantitative estimate of drug-likeness (QED) is 0.519. The lowest BCUT2D eigenvalue weighted by Gasteiger charge is -2.30. The van der Waals surface area contributed by atoms with Gasteiger partial charge in [0.15, 0.2) is 11.4 Å². The Morgan fingerprint density at radius 3 is 2.27 bits per heavy atom. The molecule has 1 saturated carbocycles. The number of benzene rings is 3. The first-order valence-corrected chi connectivity index (χ1v) is 11.4. The van der Waals surface area contributed by atoms with E-state index in [1.165, 1.54) is 0 Å². The van der Waals surface area contributed by atoms with Gasteiger partial charge < -0.3 is 15.2 Å². The van der Waals surface area contributed by atoms with Crippen molar-refractivity contribution < 1.29 is 19.4 Å². The maximum absolute atomic E-state index is 13.4. The molecule has 1 aliphatic carbocycles. The number of ether oxygens (including phenoxy) is 1. The van der Waals surface area contributed by atoms with Gasteiger partial charge in [0.1, 0.15) is 0 Å². The molecule has 2 N–H and O–H groups in total. The lowest BCUT2D eigenvalue weighted by Crippen LogP contribution is -2.44. The number of aliphatic hydroxyl groups excluding tert-OH is 1. The highest BCUT2D eigenvalue weighted by atomic mass is 16.6. The Hall–Kier alpha value is -3.28. The molecule has 1 saturated heterocycles. The number of hydrogen-bond donors (Lipinski definition) is 2. The Morgan fingerprint density at radius 2 is 1.58 bits per heavy atom. The number of carbonyl (C=O) groups excluding carboxylic acids is 2. The molecule has 2 fully saturated rings. The molecule has 0 radical (unpaired) electrons. The Morgan fingerprint density at radius 1 is 0.879 bits per heavy atom. The van der Waals surface area contributed by atoms with E-state index in [4.69, 9.17) is 4.74 Å². The SMILES string of the molecule is O=C(Nc1cccc(C2(C(=O)C3(CO)CO3)CCCC2)c1)c1cccc(-c2ccccc2)c1. The van der Waals surface area contributed by atoms with Gasteiger partial charge in [-0.1, -0.05) is 67.4 Å². The summed E-state index contributed by atoms with van der Waals surface area (Å²) in [6.45, 7) is -0.0139. The number of rotatable bonds is 7. The number of epoxide rings is 1. The maximum atomic E-state index is 13.4. The van der Waals surface area contributed by atoms with Crippen LogP contribution in [-0.4, -0.2) is 35.6 Å². The number of hydrogen-bond acceptors (Lipinski definition) is 4. The van der Waals surface area contributed by atoms with E-state index in [0.717, 1.165) is 42.4 Å². The standard InChI is InChI=1S/C28H27NO4/c30-18-28(19-33-28)26(32)27(14-4-5-15-27)23-12-7-13-24(17-23)29-25(31)22-11-6-10-21(16-22)20-8-2-1-3-9-20/h1-3,6-13,16-17,30H,4-5,14-15,18-19H2,(H,29,31). The number of nitrogens with one attached hydrogen (secondary N) is 1. The molecular formula is C28H27NO4. The number of carbonyl (C=O) groups is 2. The second kappa shape index (κ2) is 8.58. The highest BCUT2D eigenvalue weighted by molar-refractivity contribution is 6.05. The van der Waals surface area contributed by atoms with Gasteiger partial charge >= 0.3 is 0 Å². The van der Waals surface area contributed by atoms with Crippen LogP contribution in [0.1, 0.15) is 41.6 Å². The minimum Gasteiger partial charge on any atom is -0.393 e. The normalized spacial score (nSPS) is 20.9. The summed E-state index contributed by atoms with van der Waals surface area (Å²) in [7, 11) is 0. The average Bonchev–Trinajstić information content (AvgIpc) is 3.51. The molecule has 3 aromatic carbocycles. The Balaban J connectivity index is 1.40. The summed E-state index contributed by atoms with van der Waals surface area (Å²) in [6.07, 6.45) is 3.37. The lowest BCUT2D eigenvalue weighted by atomic mass is 9.71. The molecule has 5 rings (SSSR count). The number of aliphatic hydroxyl groups is 1. The van der Waals surface area contributed by atoms with Crippen LogP contribution in [0, 0.1) is 0 Å². The topological polar surface area (TPSA) is 78.9 Å². The van der Waals surface area contributed by atoms with Gasteiger partial charge in [-0.2, -0.15) is 0 Å². The average molecular weight is 442 g/mol. The molecular weight excluding hydrogens is 414 g/mol. The summed E-state index contributed by atoms with van der Waals surface area (Å²) in [5.41, 5.74) is 2.40. The molecule has 5 heteroatoms. The van der Waals surface area contributed by atoms with E-state index >= 15 is 0 Å². The van der Waals surface area contributed by atoms with Crippen LogP contribution in [0.2, 0.25) is 0 Å². The maximum Gasteiger partial charge on any atom is 0.255 e. The smallest absolute Gasteiger partial charge is 0.255 e. The summed E-state index contributed by atoms with van der Waals surface area (Å²) in [5, 5.41) is 12.7. The van der Waals surface area contributed by atoms with E-state index in [-0.39, 0.29) is 24.9 Å². The molecule has 33 heavy (non-hydrogen) atoms. The first-order chi connectivity index (χ1) is 16.1. The van der Waals surface area contributed by atoms with Crippen LogP contribution in [0.3, 0.4) is 0 Å². The van der Waals surface area contributed by atoms with Crippen LogP contribution in [0.5, 0.6) is 0 Å². The second-order valence-corrected chi connectivity index (χ2v) is 9.04. The van der Waals surface area contributed by atoms with Gasteiger partial charge in [0, 0.05) is 11.3 Å². The predicted octanol–water partition coefficient (Wildman–Crippen LogP) is 4.75. The molecule has 1 atom stereocenters. The first-order valence-electron chi connectivity index (χ1n) is 11.4. The molecule has 1 unspecified atom stereocenters. The minimum atomic E-state index is -1.05. The van der Waals surface area contributed by atoms with E-state index < -0.39 is 11.0 Å². The van der Waals surface area contributed by atoms with Crippen molar-refractivity contribution in [3.63, 3.8) is 0 Å². The zero-order valence-corrected chi connectivity index (χ0v) is 18.4. The fourth-order valence-corrected chi connectivity index (χ4v) is 5.01. The Bertz CT molecular complexity index is 1180. The van der Waals surface area contributed by atoms with Gasteiger partial charge in [0.25, 0.3) is 5.91 Å². The molecule has 3 aromatic rings. The van der Waals surface area contributed by atoms with E-state index in [1.807, 2.05) is 72.8 Å². The van der Waals surface area contributed by atoms with Crippen molar-refractivity contribution in [2.75, 3.05) is 18.5 Å². The largest absolute Gasteiger partial charge is 0.393 e. The fourth-order valence-electron chi connectivity index (χ4n) is 5.01. The Labute approximate surface area is 193 Å². The van der Waals surface area contributed by atoms with Crippen LogP contribution in [-0.2, 0) is 14.9 Å². The summed E-state index contributed by atoms with van der Waals surface area (Å²) in [5.74, 6) is -0.233. The van der Waals surface area contributed by atoms with E-state index in [0.29, 0.717) is 11.3 Å². The highest BCUT2D eigenvalue weighted by Gasteiger charge is 2.60. The second-order valence-electron chi connectivity index (χ2n) is 9.04. The molecule has 0 bridgehead atoms. The van der Waals surface area contributed by atoms with Gasteiger partial charge in [-0.05, 0) is 53.8 Å². The van der Waals surface area contributed by atoms with E-state index in [2.05, 4.69) is 5.32 Å². The number of Topliss-reactive ketones (excluding diaryl/α,β-unsaturated/α-hetero) is 1. The third kappa shape index (κ3) is 3.99. The molecule has 5 nitrogen and oxygen atoms in total. The predicted molar refractivity (Wildman–Crippen MR) is 127 cm³/mol. The third-order valence-corrected chi connectivity index (χ3v) is 6.96. The van der Waals surface area contributed by atoms with Crippen LogP contribution in [0.15, 0.2) is 78.9 Å². The summed E-state index contributed by atoms with van der Waals surface area (Å²) in [6, 6.07) is 25.0. The first kappa shape index (κ1) is 21.6. The molecule has 0 aromatic heterocycles. The summed E-state index contributed by atoms with van der Waals surface area (Å²) >= 11 is 0. The van der Waals surface area contributed by atoms with Gasteiger partial charge in [0.2, 0.25) is 0 Å². The van der Waals surface area contributed by atoms with Crippen molar-refractivity contribution in [2.45, 2.75) is 36.7 Å². The zero-order valence-electron chi connectivity index (χ0n) is 18.4. The Kier molecular flexibility index (Phi) is 5.60. The van der Waals surface area contributed by atoms with Crippen molar-refractivity contribution >= 4 is 17.4 Å². The van der Waals surface area contributed by atoms with Crippen molar-refractivity contribution in [1.82, 2.24) is 0 Å². The van der Waals surface area contributed by atoms with E-state index in [1.54, 1.807) is 6.07 Å². The minimum absolute atomic E-state index is 0.0333. The molecule has 2 aliphatic rings. The highest BCUT2D eigenvalue weighted by Crippen LogP contribution is 2.48. The number of amides is 1. The molecule has 1 amide bonds. The van der Waals surface area contributed by atoms with Crippen molar-refractivity contribution in [2.24, 2.45) is 0 Å². The van der Waals surface area contributed by atoms with Crippen LogP contribution < -0.4 is 5.32 Å². The van der Waals surface area contributed by atoms with Crippen molar-refractivity contribution in [3.05, 3.63) is 90.0 Å². The summed E-state index contributed by atoms with van der Waals surface area (Å²) in [4.78, 5) is 26.5. The summed E-state index contributed by atoms with van der Waals surface area (Å²) < 4.78 is 5.40. The van der Waals surface area contributed by atoms with Crippen LogP contribution >= 0.6 is 0 Å². The monoisotopic (exact) mass is 441 g/mol. The number of ketones is 1. The van der Waals surface area contributed by atoms with Gasteiger partial charge in [0.05, 0.1) is 18.6 Å². The van der Waals surface area contributed by atoms with Gasteiger partial charge in [-0.15, -0.1) is 0 Å². The van der Waals surface area contributed by atoms with Crippen molar-refractivity contribution in [1.29, 1.82) is 0 Å². The third-order valence-electron chi connectivity index (χ3n) is 6.96. The van der Waals surface area contributed by atoms with Crippen LogP contribution in [0.25, 0.3) is 11.1 Å². The number of anilines is 1. The van der Waals surface area contributed by atoms with Gasteiger partial charge in [-0.3, -0.25) is 9.59 Å². The van der Waals surface area contributed by atoms with Gasteiger partial charge in [-0.25, -0.2) is 0 Å². The lowest BCUT2D eigenvalue weighted by molar-refractivity contribution is -0.131.